The van der Waals surface area contributed by atoms with Crippen LogP contribution in [-0.4, -0.2) is 89.5 Å². The zero-order valence-electron chi connectivity index (χ0n) is 26.1. The van der Waals surface area contributed by atoms with Gasteiger partial charge in [0.05, 0.1) is 41.4 Å². The van der Waals surface area contributed by atoms with Gasteiger partial charge in [-0.25, -0.2) is 4.68 Å². The Bertz CT molecular complexity index is 1610. The van der Waals surface area contributed by atoms with Crippen LogP contribution in [-0.2, 0) is 32.2 Å². The van der Waals surface area contributed by atoms with Crippen LogP contribution in [0.5, 0.6) is 0 Å². The Kier molecular flexibility index (Phi) is 9.33. The Balaban J connectivity index is 1.40. The van der Waals surface area contributed by atoms with Crippen molar-refractivity contribution in [3.05, 3.63) is 85.5 Å². The number of carbonyl (C=O) groups excluding carboxylic acids is 3. The van der Waals surface area contributed by atoms with Gasteiger partial charge in [0.15, 0.2) is 0 Å². The Morgan fingerprint density at radius 1 is 1.17 bits per heavy atom. The molecular formula is C35H41N5O5S. The van der Waals surface area contributed by atoms with Crippen molar-refractivity contribution >= 4 is 40.6 Å². The van der Waals surface area contributed by atoms with Crippen molar-refractivity contribution in [3.8, 4) is 0 Å². The van der Waals surface area contributed by atoms with E-state index in [1.165, 1.54) is 0 Å². The van der Waals surface area contributed by atoms with Crippen LogP contribution in [0.15, 0.2) is 79.9 Å². The van der Waals surface area contributed by atoms with E-state index in [4.69, 9.17) is 4.74 Å². The van der Waals surface area contributed by atoms with Gasteiger partial charge in [-0.3, -0.25) is 14.4 Å². The lowest BCUT2D eigenvalue weighted by Gasteiger charge is -2.42. The molecule has 3 unspecified atom stereocenters. The maximum Gasteiger partial charge on any atom is 0.310 e. The maximum atomic E-state index is 15.0. The topological polar surface area (TPSA) is 118 Å². The zero-order chi connectivity index (χ0) is 32.4. The number of likely N-dealkylation sites (tertiary alicyclic amines) is 1. The van der Waals surface area contributed by atoms with Gasteiger partial charge in [-0.1, -0.05) is 66.8 Å². The first-order valence-corrected chi connectivity index (χ1v) is 16.8. The number of ether oxygens (including phenoxy) is 1. The first-order valence-electron chi connectivity index (χ1n) is 16.0. The smallest absolute Gasteiger partial charge is 0.310 e. The molecule has 2 aromatic carbocycles. The number of para-hydroxylation sites is 1. The van der Waals surface area contributed by atoms with Crippen molar-refractivity contribution in [2.75, 3.05) is 19.8 Å². The van der Waals surface area contributed by atoms with E-state index in [9.17, 15) is 14.7 Å². The van der Waals surface area contributed by atoms with Gasteiger partial charge < -0.3 is 19.6 Å². The number of hydrogen-bond acceptors (Lipinski definition) is 8. The monoisotopic (exact) mass is 643 g/mol. The molecule has 3 aromatic rings. The van der Waals surface area contributed by atoms with Crippen LogP contribution >= 0.6 is 11.8 Å². The molecule has 4 heterocycles. The van der Waals surface area contributed by atoms with Gasteiger partial charge in [0, 0.05) is 11.8 Å². The molecule has 11 heteroatoms. The number of amides is 2. The summed E-state index contributed by atoms with van der Waals surface area (Å²) in [5.41, 5.74) is 2.43. The number of esters is 1. The molecular weight excluding hydrogens is 602 g/mol. The largest absolute Gasteiger partial charge is 0.465 e. The van der Waals surface area contributed by atoms with Crippen molar-refractivity contribution < 1.29 is 24.2 Å². The highest BCUT2D eigenvalue weighted by atomic mass is 32.2. The summed E-state index contributed by atoms with van der Waals surface area (Å²) in [6.07, 6.45) is 5.88. The Morgan fingerprint density at radius 3 is 2.67 bits per heavy atom. The molecule has 242 valence electrons. The second kappa shape index (κ2) is 13.4. The number of aliphatic hydroxyl groups excluding tert-OH is 1. The van der Waals surface area contributed by atoms with Crippen molar-refractivity contribution in [3.63, 3.8) is 0 Å². The number of rotatable bonds is 14. The molecule has 2 amide bonds. The van der Waals surface area contributed by atoms with E-state index in [1.807, 2.05) is 54.6 Å². The summed E-state index contributed by atoms with van der Waals surface area (Å²) >= 11 is 1.59. The molecule has 10 nitrogen and oxygen atoms in total. The van der Waals surface area contributed by atoms with Crippen LogP contribution in [0.3, 0.4) is 0 Å². The van der Waals surface area contributed by atoms with Crippen molar-refractivity contribution in [2.24, 2.45) is 17.8 Å². The van der Waals surface area contributed by atoms with E-state index in [0.29, 0.717) is 24.8 Å². The third kappa shape index (κ3) is 5.43. The second-order valence-electron chi connectivity index (χ2n) is 12.5. The molecule has 1 spiro atoms. The summed E-state index contributed by atoms with van der Waals surface area (Å²) < 4.78 is 6.54. The molecule has 1 N–H and O–H groups in total. The van der Waals surface area contributed by atoms with Crippen LogP contribution in [0, 0.1) is 17.8 Å². The lowest BCUT2D eigenvalue weighted by molar-refractivity contribution is -0.155. The zero-order valence-corrected chi connectivity index (χ0v) is 26.9. The summed E-state index contributed by atoms with van der Waals surface area (Å²) in [5, 5.41) is 19.2. The van der Waals surface area contributed by atoms with E-state index >= 15 is 4.79 Å². The highest BCUT2D eigenvalue weighted by molar-refractivity contribution is 8.02. The molecule has 46 heavy (non-hydrogen) atoms. The molecule has 1 aromatic heterocycles. The normalized spacial score (nSPS) is 27.0. The maximum absolute atomic E-state index is 15.0. The van der Waals surface area contributed by atoms with Gasteiger partial charge in [-0.2, -0.15) is 0 Å². The number of nitrogens with zero attached hydrogens (tertiary/aromatic N) is 5. The number of carbonyl (C=O) groups is 3. The quantitative estimate of drug-likeness (QED) is 0.160. The fraction of sp³-hybridized carbons (Fsp3) is 0.457. The Hall–Kier alpha value is -3.96. The predicted octanol–water partition coefficient (Wildman–Crippen LogP) is 3.85. The Labute approximate surface area is 273 Å². The van der Waals surface area contributed by atoms with Gasteiger partial charge in [0.25, 0.3) is 0 Å². The average Bonchev–Trinajstić information content (AvgIpc) is 3.79. The minimum absolute atomic E-state index is 0.0333. The van der Waals surface area contributed by atoms with Crippen molar-refractivity contribution in [2.45, 2.75) is 61.4 Å². The SMILES string of the molecule is C=CCCCOC(=O)[C@@H]1[C@@H]2CC(C)C3(S2)C(C(=O)N(CC=C)Cn2nnc4ccccc42)N([C@@H](CO)Cc2ccccc2)C(=O)[C@H]13. The standard InChI is InChI=1S/C35H41N5O5S/c1-4-6-12-18-45-34(44)29-28-19-23(3)35(46-28)30(29)32(42)40(25(21-41)20-24-13-8-7-9-14-24)31(35)33(43)38(17-5-2)22-39-27-16-11-10-15-26(27)36-37-39/h4-5,7-11,13-16,23,25,28-31,41H,1-2,6,12,17-22H2,3H3/t23?,25-,28+,29-,30+,31?,35?/m1/s1. The number of hydrogen-bond donors (Lipinski definition) is 1. The fourth-order valence-electron chi connectivity index (χ4n) is 7.76. The van der Waals surface area contributed by atoms with Gasteiger partial charge in [0.2, 0.25) is 11.8 Å². The van der Waals surface area contributed by atoms with Gasteiger partial charge in [-0.05, 0) is 49.3 Å². The van der Waals surface area contributed by atoms with E-state index in [1.54, 1.807) is 38.4 Å². The fourth-order valence-corrected chi connectivity index (χ4v) is 10.2. The van der Waals surface area contributed by atoms with Gasteiger partial charge >= 0.3 is 5.97 Å². The van der Waals surface area contributed by atoms with E-state index in [-0.39, 0.29) is 55.4 Å². The number of unbranched alkanes of at least 4 members (excludes halogenated alkanes) is 1. The predicted molar refractivity (Wildman–Crippen MR) is 176 cm³/mol. The lowest BCUT2D eigenvalue weighted by atomic mass is 9.66. The molecule has 0 aliphatic carbocycles. The molecule has 6 rings (SSSR count). The molecule has 0 radical (unpaired) electrons. The van der Waals surface area contributed by atoms with E-state index in [0.717, 1.165) is 17.5 Å². The minimum atomic E-state index is -0.913. The number of fused-ring (bicyclic) bond motifs is 2. The summed E-state index contributed by atoms with van der Waals surface area (Å²) in [7, 11) is 0. The molecule has 7 atom stereocenters. The summed E-state index contributed by atoms with van der Waals surface area (Å²) in [4.78, 5) is 46.7. The van der Waals surface area contributed by atoms with Gasteiger partial charge in [0.1, 0.15) is 18.2 Å². The van der Waals surface area contributed by atoms with E-state index < -0.39 is 28.7 Å². The number of benzene rings is 2. The Morgan fingerprint density at radius 2 is 1.93 bits per heavy atom. The number of aliphatic hydroxyl groups is 1. The van der Waals surface area contributed by atoms with Crippen molar-refractivity contribution in [1.29, 1.82) is 0 Å². The average molecular weight is 644 g/mol. The van der Waals surface area contributed by atoms with Crippen LogP contribution in [0.25, 0.3) is 11.0 Å². The summed E-state index contributed by atoms with van der Waals surface area (Å²) in [6, 6.07) is 15.6. The first kappa shape index (κ1) is 32.0. The van der Waals surface area contributed by atoms with E-state index in [2.05, 4.69) is 30.4 Å². The van der Waals surface area contributed by atoms with Crippen LogP contribution in [0.1, 0.15) is 31.7 Å². The minimum Gasteiger partial charge on any atom is -0.465 e. The third-order valence-corrected chi connectivity index (χ3v) is 11.9. The van der Waals surface area contributed by atoms with Crippen LogP contribution in [0.2, 0.25) is 0 Å². The highest BCUT2D eigenvalue weighted by Crippen LogP contribution is 2.69. The third-order valence-electron chi connectivity index (χ3n) is 9.79. The molecule has 3 saturated heterocycles. The van der Waals surface area contributed by atoms with Crippen LogP contribution in [0.4, 0.5) is 0 Å². The second-order valence-corrected chi connectivity index (χ2v) is 14.0. The molecule has 3 aliphatic heterocycles. The lowest BCUT2D eigenvalue weighted by Crippen LogP contribution is -2.59. The van der Waals surface area contributed by atoms with Crippen molar-refractivity contribution in [1.82, 2.24) is 24.8 Å². The molecule has 3 fully saturated rings. The number of aromatic nitrogens is 3. The number of allylic oxidation sites excluding steroid dienone is 1. The summed E-state index contributed by atoms with van der Waals surface area (Å²) in [5.74, 6) is -2.36. The number of thioether (sulfide) groups is 1. The molecule has 3 aliphatic rings. The highest BCUT2D eigenvalue weighted by Gasteiger charge is 2.77. The first-order chi connectivity index (χ1) is 22.3. The summed E-state index contributed by atoms with van der Waals surface area (Å²) in [6.45, 7) is 9.96. The molecule has 0 saturated carbocycles. The van der Waals surface area contributed by atoms with Gasteiger partial charge in [-0.15, -0.1) is 30.0 Å². The van der Waals surface area contributed by atoms with Crippen LogP contribution < -0.4 is 0 Å². The molecule has 2 bridgehead atoms.